The summed E-state index contributed by atoms with van der Waals surface area (Å²) in [7, 11) is 1.85. The quantitative estimate of drug-likeness (QED) is 0.614. The first-order valence-electron chi connectivity index (χ1n) is 9.47. The zero-order valence-corrected chi connectivity index (χ0v) is 18.2. The Morgan fingerprint density at radius 2 is 1.69 bits per heavy atom. The molecule has 1 atom stereocenters. The Balaban J connectivity index is 1.85. The third-order valence-electron chi connectivity index (χ3n) is 5.57. The normalized spacial score (nSPS) is 19.8. The van der Waals surface area contributed by atoms with Gasteiger partial charge in [0.05, 0.1) is 11.2 Å². The van der Waals surface area contributed by atoms with Gasteiger partial charge in [-0.2, -0.15) is 11.8 Å². The van der Waals surface area contributed by atoms with Crippen molar-refractivity contribution in [2.45, 2.75) is 58.3 Å². The van der Waals surface area contributed by atoms with Crippen LogP contribution in [-0.4, -0.2) is 61.5 Å². The molecule has 0 aliphatic carbocycles. The van der Waals surface area contributed by atoms with E-state index in [0.29, 0.717) is 12.6 Å². The van der Waals surface area contributed by atoms with Crippen molar-refractivity contribution < 1.29 is 14.0 Å². The zero-order chi connectivity index (χ0) is 19.4. The fourth-order valence-corrected chi connectivity index (χ4v) is 3.81. The Kier molecular flexibility index (Phi) is 7.48. The number of hydrogen-bond donors (Lipinski definition) is 0. The number of ether oxygens (including phenoxy) is 1. The van der Waals surface area contributed by atoms with Crippen LogP contribution in [0.4, 0.5) is 0 Å². The van der Waals surface area contributed by atoms with Gasteiger partial charge < -0.3 is 14.0 Å². The second kappa shape index (κ2) is 9.00. The molecule has 0 amide bonds. The number of nitrogens with zero attached hydrogens (tertiary/aromatic N) is 1. The number of rotatable bonds is 9. The molecule has 6 heteroatoms. The van der Waals surface area contributed by atoms with Crippen LogP contribution in [0.5, 0.6) is 5.75 Å². The second-order valence-corrected chi connectivity index (χ2v) is 8.91. The van der Waals surface area contributed by atoms with Crippen LogP contribution in [0, 0.1) is 0 Å². The lowest BCUT2D eigenvalue weighted by molar-refractivity contribution is 0.00578. The largest absolute Gasteiger partial charge is 0.494 e. The molecule has 1 saturated heterocycles. The van der Waals surface area contributed by atoms with Crippen molar-refractivity contribution in [1.29, 1.82) is 0 Å². The number of benzene rings is 1. The Labute approximate surface area is 164 Å². The molecule has 4 nitrogen and oxygen atoms in total. The summed E-state index contributed by atoms with van der Waals surface area (Å²) in [6.45, 7) is 12.1. The molecule has 1 aromatic carbocycles. The fourth-order valence-electron chi connectivity index (χ4n) is 2.94. The molecule has 2 rings (SSSR count). The van der Waals surface area contributed by atoms with Gasteiger partial charge in [-0.25, -0.2) is 0 Å². The molecule has 0 spiro atoms. The van der Waals surface area contributed by atoms with E-state index < -0.39 is 0 Å². The molecule has 0 saturated carbocycles. The van der Waals surface area contributed by atoms with Gasteiger partial charge >= 0.3 is 7.12 Å². The summed E-state index contributed by atoms with van der Waals surface area (Å²) in [6.07, 6.45) is 3.33. The summed E-state index contributed by atoms with van der Waals surface area (Å²) in [5, 5.41) is 0. The Bertz CT molecular complexity index is 549. The average Bonchev–Trinajstić information content (AvgIpc) is 2.81. The molecule has 0 N–H and O–H groups in total. The zero-order valence-electron chi connectivity index (χ0n) is 17.4. The number of thioether (sulfide) groups is 1. The molecule has 0 radical (unpaired) electrons. The van der Waals surface area contributed by atoms with E-state index in [1.165, 1.54) is 6.42 Å². The first kappa shape index (κ1) is 21.6. The van der Waals surface area contributed by atoms with E-state index in [-0.39, 0.29) is 18.3 Å². The molecule has 146 valence electrons. The van der Waals surface area contributed by atoms with Gasteiger partial charge in [0, 0.05) is 18.3 Å². The van der Waals surface area contributed by atoms with E-state index >= 15 is 0 Å². The first-order chi connectivity index (χ1) is 12.2. The van der Waals surface area contributed by atoms with Crippen LogP contribution < -0.4 is 10.2 Å². The summed E-state index contributed by atoms with van der Waals surface area (Å²) in [4.78, 5) is 2.38. The average molecular weight is 379 g/mol. The topological polar surface area (TPSA) is 30.9 Å². The second-order valence-electron chi connectivity index (χ2n) is 8.00. The van der Waals surface area contributed by atoms with E-state index in [2.05, 4.69) is 52.8 Å². The maximum absolute atomic E-state index is 6.09. The van der Waals surface area contributed by atoms with Crippen molar-refractivity contribution in [3.8, 4) is 5.75 Å². The summed E-state index contributed by atoms with van der Waals surface area (Å²) in [5.41, 5.74) is 0.396. The molecular formula is C20H34BNO3S. The van der Waals surface area contributed by atoms with Gasteiger partial charge in [-0.3, -0.25) is 4.90 Å². The van der Waals surface area contributed by atoms with Crippen molar-refractivity contribution in [2.75, 3.05) is 32.2 Å². The fraction of sp³-hybridized carbons (Fsp3) is 0.700. The third-order valence-corrected chi connectivity index (χ3v) is 6.29. The van der Waals surface area contributed by atoms with Crippen molar-refractivity contribution in [2.24, 2.45) is 0 Å². The van der Waals surface area contributed by atoms with E-state index in [1.807, 2.05) is 36.0 Å². The van der Waals surface area contributed by atoms with Crippen molar-refractivity contribution in [1.82, 2.24) is 4.90 Å². The highest BCUT2D eigenvalue weighted by Crippen LogP contribution is 2.36. The molecule has 1 aromatic rings. The van der Waals surface area contributed by atoms with Crippen LogP contribution in [-0.2, 0) is 9.31 Å². The minimum absolute atomic E-state index is 0.315. The molecule has 1 unspecified atom stereocenters. The van der Waals surface area contributed by atoms with Gasteiger partial charge in [-0.15, -0.1) is 0 Å². The standard InChI is InChI=1S/C20H34BNO3S/c1-8-17(15-26-7)22(6)13-14-23-18-11-9-16(10-12-18)21-24-19(2,3)20(4,5)25-21/h9-12,17H,8,13-15H2,1-7H3. The predicted molar refractivity (Wildman–Crippen MR) is 113 cm³/mol. The predicted octanol–water partition coefficient (Wildman–Crippen LogP) is 3.44. The van der Waals surface area contributed by atoms with E-state index in [9.17, 15) is 0 Å². The molecule has 26 heavy (non-hydrogen) atoms. The molecule has 1 aliphatic rings. The highest BCUT2D eigenvalue weighted by atomic mass is 32.2. The van der Waals surface area contributed by atoms with Crippen LogP contribution in [0.25, 0.3) is 0 Å². The molecule has 1 heterocycles. The van der Waals surface area contributed by atoms with Gasteiger partial charge in [0.1, 0.15) is 12.4 Å². The molecular weight excluding hydrogens is 345 g/mol. The molecule has 0 bridgehead atoms. The first-order valence-corrected chi connectivity index (χ1v) is 10.9. The Morgan fingerprint density at radius 1 is 1.12 bits per heavy atom. The number of hydrogen-bond acceptors (Lipinski definition) is 5. The Hall–Kier alpha value is -0.685. The van der Waals surface area contributed by atoms with Crippen molar-refractivity contribution >= 4 is 24.3 Å². The van der Waals surface area contributed by atoms with Crippen LogP contribution in [0.15, 0.2) is 24.3 Å². The van der Waals surface area contributed by atoms with Gasteiger partial charge in [0.15, 0.2) is 0 Å². The van der Waals surface area contributed by atoms with Gasteiger partial charge in [-0.1, -0.05) is 19.1 Å². The number of likely N-dealkylation sites (N-methyl/N-ethyl adjacent to an activating group) is 1. The summed E-state index contributed by atoms with van der Waals surface area (Å²) in [5.74, 6) is 2.05. The third kappa shape index (κ3) is 5.19. The molecule has 1 fully saturated rings. The van der Waals surface area contributed by atoms with Gasteiger partial charge in [-0.05, 0) is 65.0 Å². The van der Waals surface area contributed by atoms with E-state index in [4.69, 9.17) is 14.0 Å². The minimum Gasteiger partial charge on any atom is -0.492 e. The van der Waals surface area contributed by atoms with Gasteiger partial charge in [0.25, 0.3) is 0 Å². The SMILES string of the molecule is CCC(CSC)N(C)CCOc1ccc(B2OC(C)(C)C(C)(C)O2)cc1. The Morgan fingerprint density at radius 3 is 2.19 bits per heavy atom. The smallest absolute Gasteiger partial charge is 0.492 e. The maximum Gasteiger partial charge on any atom is 0.494 e. The lowest BCUT2D eigenvalue weighted by Crippen LogP contribution is -2.41. The summed E-state index contributed by atoms with van der Waals surface area (Å²) >= 11 is 1.90. The lowest BCUT2D eigenvalue weighted by atomic mass is 9.79. The van der Waals surface area contributed by atoms with Crippen molar-refractivity contribution in [3.05, 3.63) is 24.3 Å². The summed E-state index contributed by atoms with van der Waals surface area (Å²) in [6, 6.07) is 8.67. The van der Waals surface area contributed by atoms with E-state index in [0.717, 1.165) is 23.5 Å². The van der Waals surface area contributed by atoms with Crippen LogP contribution in [0.1, 0.15) is 41.0 Å². The highest BCUT2D eigenvalue weighted by Gasteiger charge is 2.51. The highest BCUT2D eigenvalue weighted by molar-refractivity contribution is 7.98. The minimum atomic E-state index is -0.322. The van der Waals surface area contributed by atoms with Crippen LogP contribution >= 0.6 is 11.8 Å². The molecule has 1 aliphatic heterocycles. The van der Waals surface area contributed by atoms with E-state index in [1.54, 1.807) is 0 Å². The lowest BCUT2D eigenvalue weighted by Gasteiger charge is -2.32. The summed E-state index contributed by atoms with van der Waals surface area (Å²) < 4.78 is 18.1. The van der Waals surface area contributed by atoms with Crippen LogP contribution in [0.2, 0.25) is 0 Å². The molecule has 0 aromatic heterocycles. The maximum atomic E-state index is 6.09. The van der Waals surface area contributed by atoms with Gasteiger partial charge in [0.2, 0.25) is 0 Å². The van der Waals surface area contributed by atoms with Crippen molar-refractivity contribution in [3.63, 3.8) is 0 Å². The van der Waals surface area contributed by atoms with Crippen LogP contribution in [0.3, 0.4) is 0 Å². The monoisotopic (exact) mass is 379 g/mol.